The lowest BCUT2D eigenvalue weighted by molar-refractivity contribution is -0.144. The van der Waals surface area contributed by atoms with Crippen molar-refractivity contribution in [2.24, 2.45) is 0 Å². The van der Waals surface area contributed by atoms with Crippen molar-refractivity contribution in [3.63, 3.8) is 0 Å². The van der Waals surface area contributed by atoms with E-state index in [1.165, 1.54) is 6.92 Å². The summed E-state index contributed by atoms with van der Waals surface area (Å²) >= 11 is 0. The Morgan fingerprint density at radius 3 is 2.32 bits per heavy atom. The van der Waals surface area contributed by atoms with Crippen molar-refractivity contribution < 1.29 is 39.3 Å². The first-order chi connectivity index (χ1) is 13.1. The summed E-state index contributed by atoms with van der Waals surface area (Å²) in [5, 5.41) is 36.8. The van der Waals surface area contributed by atoms with E-state index >= 15 is 0 Å². The van der Waals surface area contributed by atoms with Gasteiger partial charge in [-0.2, -0.15) is 0 Å². The third kappa shape index (κ3) is 7.88. The number of hydrogen-bond acceptors (Lipinski definition) is 7. The van der Waals surface area contributed by atoms with Crippen molar-refractivity contribution in [3.05, 3.63) is 0 Å². The zero-order chi connectivity index (χ0) is 21.3. The maximum absolute atomic E-state index is 12.3. The molecule has 0 aromatic heterocycles. The van der Waals surface area contributed by atoms with Crippen LogP contribution in [0.15, 0.2) is 0 Å². The second-order valence-electron chi connectivity index (χ2n) is 6.48. The molecule has 0 aliphatic carbocycles. The molecule has 4 unspecified atom stereocenters. The number of hydrogen-bond donors (Lipinski definition) is 7. The summed E-state index contributed by atoms with van der Waals surface area (Å²) in [4.78, 5) is 58.0. The van der Waals surface area contributed by atoms with Gasteiger partial charge in [0.1, 0.15) is 6.04 Å². The van der Waals surface area contributed by atoms with Crippen LogP contribution in [-0.2, 0) is 24.0 Å². The van der Waals surface area contributed by atoms with Gasteiger partial charge in [-0.25, -0.2) is 4.79 Å². The van der Waals surface area contributed by atoms with Crippen LogP contribution in [0.1, 0.15) is 32.6 Å². The number of amides is 3. The number of carboxylic acid groups (broad SMARTS) is 2. The molecule has 1 heterocycles. The van der Waals surface area contributed by atoms with Gasteiger partial charge in [0, 0.05) is 6.42 Å². The van der Waals surface area contributed by atoms with Crippen molar-refractivity contribution in [1.82, 2.24) is 21.3 Å². The van der Waals surface area contributed by atoms with Gasteiger partial charge >= 0.3 is 11.9 Å². The van der Waals surface area contributed by atoms with E-state index in [2.05, 4.69) is 21.3 Å². The lowest BCUT2D eigenvalue weighted by Crippen LogP contribution is -2.54. The Bertz CT molecular complexity index is 603. The van der Waals surface area contributed by atoms with Gasteiger partial charge in [-0.15, -0.1) is 0 Å². The molecule has 0 saturated carbocycles. The van der Waals surface area contributed by atoms with Crippen LogP contribution in [0.4, 0.5) is 0 Å². The highest BCUT2D eigenvalue weighted by Crippen LogP contribution is 2.06. The van der Waals surface area contributed by atoms with E-state index in [0.29, 0.717) is 13.0 Å². The Labute approximate surface area is 161 Å². The number of aliphatic hydroxyl groups is 1. The third-order valence-corrected chi connectivity index (χ3v) is 4.14. The molecular weight excluding hydrogens is 376 g/mol. The van der Waals surface area contributed by atoms with Gasteiger partial charge in [0.25, 0.3) is 0 Å². The summed E-state index contributed by atoms with van der Waals surface area (Å²) < 4.78 is 0. The lowest BCUT2D eigenvalue weighted by atomic mass is 10.1. The summed E-state index contributed by atoms with van der Waals surface area (Å²) in [5.41, 5.74) is 0. The lowest BCUT2D eigenvalue weighted by Gasteiger charge is -2.21. The molecule has 1 aliphatic rings. The van der Waals surface area contributed by atoms with E-state index in [1.807, 2.05) is 0 Å². The Morgan fingerprint density at radius 1 is 1.14 bits per heavy atom. The zero-order valence-corrected chi connectivity index (χ0v) is 15.4. The summed E-state index contributed by atoms with van der Waals surface area (Å²) in [6.45, 7) is 1.25. The Hall–Kier alpha value is -2.73. The van der Waals surface area contributed by atoms with Gasteiger partial charge in [0.15, 0.2) is 6.04 Å². The monoisotopic (exact) mass is 402 g/mol. The number of carbonyl (C=O) groups excluding carboxylic acids is 3. The summed E-state index contributed by atoms with van der Waals surface area (Å²) in [5.74, 6) is -4.66. The quantitative estimate of drug-likeness (QED) is 0.190. The average Bonchev–Trinajstić information content (AvgIpc) is 3.14. The van der Waals surface area contributed by atoms with Gasteiger partial charge < -0.3 is 36.6 Å². The van der Waals surface area contributed by atoms with E-state index < -0.39 is 60.4 Å². The maximum atomic E-state index is 12.3. The molecule has 28 heavy (non-hydrogen) atoms. The molecule has 0 aromatic rings. The summed E-state index contributed by atoms with van der Waals surface area (Å²) in [6.07, 6.45) is -0.493. The first-order valence-electron chi connectivity index (χ1n) is 8.85. The van der Waals surface area contributed by atoms with Crippen molar-refractivity contribution in [2.75, 3.05) is 13.1 Å². The smallest absolute Gasteiger partial charge is 0.328 e. The molecule has 1 fully saturated rings. The molecule has 4 atom stereocenters. The molecular formula is C16H26N4O8. The second-order valence-corrected chi connectivity index (χ2v) is 6.48. The van der Waals surface area contributed by atoms with Crippen LogP contribution < -0.4 is 21.3 Å². The molecule has 7 N–H and O–H groups in total. The van der Waals surface area contributed by atoms with Crippen LogP contribution in [-0.4, -0.2) is 82.3 Å². The first-order valence-corrected chi connectivity index (χ1v) is 8.85. The van der Waals surface area contributed by atoms with Crippen LogP contribution >= 0.6 is 0 Å². The highest BCUT2D eigenvalue weighted by Gasteiger charge is 2.29. The summed E-state index contributed by atoms with van der Waals surface area (Å²) in [6, 6.07) is -3.17. The minimum absolute atomic E-state index is 0.174. The van der Waals surface area contributed by atoms with Crippen molar-refractivity contribution in [3.8, 4) is 0 Å². The highest BCUT2D eigenvalue weighted by atomic mass is 16.4. The third-order valence-electron chi connectivity index (χ3n) is 4.14. The molecule has 12 heteroatoms. The minimum Gasteiger partial charge on any atom is -0.481 e. The maximum Gasteiger partial charge on any atom is 0.328 e. The van der Waals surface area contributed by atoms with E-state index in [1.54, 1.807) is 0 Å². The van der Waals surface area contributed by atoms with Gasteiger partial charge in [-0.1, -0.05) is 0 Å². The Morgan fingerprint density at radius 2 is 1.82 bits per heavy atom. The van der Waals surface area contributed by atoms with Crippen molar-refractivity contribution in [1.29, 1.82) is 0 Å². The number of aliphatic carboxylic acids is 2. The number of aliphatic hydroxyl groups excluding tert-OH is 1. The van der Waals surface area contributed by atoms with Gasteiger partial charge in [-0.05, 0) is 32.7 Å². The van der Waals surface area contributed by atoms with Crippen LogP contribution in [0, 0.1) is 0 Å². The van der Waals surface area contributed by atoms with Crippen molar-refractivity contribution in [2.45, 2.75) is 56.8 Å². The molecule has 158 valence electrons. The fourth-order valence-electron chi connectivity index (χ4n) is 2.62. The molecule has 1 aliphatic heterocycles. The average molecular weight is 402 g/mol. The normalized spacial score (nSPS) is 19.1. The number of carbonyl (C=O) groups is 5. The topological polar surface area (TPSA) is 194 Å². The largest absolute Gasteiger partial charge is 0.481 e. The SMILES string of the molecule is CC(O)C(NC(=O)CNC(=O)C(CCC(=O)O)NC(=O)C1CCCN1)C(=O)O. The van der Waals surface area contributed by atoms with Crippen molar-refractivity contribution >= 4 is 29.7 Å². The van der Waals surface area contributed by atoms with Crippen LogP contribution in [0.3, 0.4) is 0 Å². The molecule has 1 rings (SSSR count). The molecule has 1 saturated heterocycles. The van der Waals surface area contributed by atoms with Crippen LogP contribution in [0.2, 0.25) is 0 Å². The zero-order valence-electron chi connectivity index (χ0n) is 15.4. The Kier molecular flexibility index (Phi) is 9.32. The molecule has 0 aromatic carbocycles. The van der Waals surface area contributed by atoms with Crippen LogP contribution in [0.25, 0.3) is 0 Å². The van der Waals surface area contributed by atoms with Gasteiger partial charge in [-0.3, -0.25) is 19.2 Å². The fourth-order valence-corrected chi connectivity index (χ4v) is 2.62. The predicted molar refractivity (Wildman–Crippen MR) is 94.1 cm³/mol. The molecule has 3 amide bonds. The number of nitrogens with one attached hydrogen (secondary N) is 4. The van der Waals surface area contributed by atoms with E-state index in [-0.39, 0.29) is 12.8 Å². The van der Waals surface area contributed by atoms with Gasteiger partial charge in [0.05, 0.1) is 18.7 Å². The standard InChI is InChI=1S/C16H26N4O8/c1-8(21)13(16(27)28)20-11(22)7-18-14(25)10(4-5-12(23)24)19-15(26)9-3-2-6-17-9/h8-10,13,17,21H,2-7H2,1H3,(H,18,25)(H,19,26)(H,20,22)(H,23,24)(H,27,28). The fraction of sp³-hybridized carbons (Fsp3) is 0.688. The Balaban J connectivity index is 2.61. The van der Waals surface area contributed by atoms with E-state index in [4.69, 9.17) is 10.2 Å². The molecule has 0 spiro atoms. The molecule has 0 bridgehead atoms. The minimum atomic E-state index is -1.54. The second kappa shape index (κ2) is 11.2. The van der Waals surface area contributed by atoms with E-state index in [9.17, 15) is 29.1 Å². The predicted octanol–water partition coefficient (Wildman–Crippen LogP) is -2.85. The number of carboxylic acids is 2. The number of rotatable bonds is 11. The van der Waals surface area contributed by atoms with E-state index in [0.717, 1.165) is 6.42 Å². The highest BCUT2D eigenvalue weighted by molar-refractivity contribution is 5.93. The van der Waals surface area contributed by atoms with Gasteiger partial charge in [0.2, 0.25) is 17.7 Å². The van der Waals surface area contributed by atoms with Crippen LogP contribution in [0.5, 0.6) is 0 Å². The molecule has 0 radical (unpaired) electrons. The summed E-state index contributed by atoms with van der Waals surface area (Å²) in [7, 11) is 0. The first kappa shape index (κ1) is 23.3. The molecule has 12 nitrogen and oxygen atoms in total.